The molecule has 0 amide bonds. The maximum Gasteiger partial charge on any atom is 0.0431 e. The van der Waals surface area contributed by atoms with Gasteiger partial charge in [0.15, 0.2) is 0 Å². The standard InChI is InChI=1S/C18H33NO/c20-13-6-2-1-5-12-19(14-15-8-3-4-9-15)18-16-10-7-11-17(16)18/h15-18,20H,1-14H2/t16-,17?,18?/m1/s1. The number of hydrogen-bond donors (Lipinski definition) is 1. The fourth-order valence-corrected chi connectivity index (χ4v) is 4.99. The number of rotatable bonds is 9. The lowest BCUT2D eigenvalue weighted by Gasteiger charge is -2.27. The van der Waals surface area contributed by atoms with Crippen molar-refractivity contribution in [3.63, 3.8) is 0 Å². The van der Waals surface area contributed by atoms with Crippen molar-refractivity contribution in [2.45, 2.75) is 76.7 Å². The van der Waals surface area contributed by atoms with Crippen LogP contribution in [0.4, 0.5) is 0 Å². The Balaban J connectivity index is 1.43. The number of unbranched alkanes of at least 4 members (excludes halogenated alkanes) is 3. The molecule has 0 spiro atoms. The van der Waals surface area contributed by atoms with E-state index in [1.807, 2.05) is 0 Å². The summed E-state index contributed by atoms with van der Waals surface area (Å²) in [7, 11) is 0. The normalized spacial score (nSPS) is 33.0. The van der Waals surface area contributed by atoms with Gasteiger partial charge in [-0.3, -0.25) is 4.90 Å². The van der Waals surface area contributed by atoms with E-state index in [-0.39, 0.29) is 0 Å². The summed E-state index contributed by atoms with van der Waals surface area (Å²) >= 11 is 0. The molecule has 116 valence electrons. The molecule has 1 N–H and O–H groups in total. The molecule has 3 saturated carbocycles. The number of nitrogens with zero attached hydrogens (tertiary/aromatic N) is 1. The van der Waals surface area contributed by atoms with Crippen LogP contribution in [0.3, 0.4) is 0 Å². The fourth-order valence-electron chi connectivity index (χ4n) is 4.99. The van der Waals surface area contributed by atoms with Crippen molar-refractivity contribution in [1.29, 1.82) is 0 Å². The van der Waals surface area contributed by atoms with Gasteiger partial charge in [-0.15, -0.1) is 0 Å². The van der Waals surface area contributed by atoms with Crippen molar-refractivity contribution in [3.8, 4) is 0 Å². The van der Waals surface area contributed by atoms with Crippen LogP contribution in [0.2, 0.25) is 0 Å². The van der Waals surface area contributed by atoms with Crippen LogP contribution in [0, 0.1) is 17.8 Å². The molecule has 0 aromatic heterocycles. The second-order valence-corrected chi connectivity index (χ2v) is 7.53. The Kier molecular flexibility index (Phi) is 5.39. The Morgan fingerprint density at radius 2 is 1.50 bits per heavy atom. The van der Waals surface area contributed by atoms with Crippen LogP contribution in [-0.2, 0) is 0 Å². The highest BCUT2D eigenvalue weighted by molar-refractivity contribution is 5.07. The molecule has 0 aromatic rings. The summed E-state index contributed by atoms with van der Waals surface area (Å²) in [6.07, 6.45) is 15.3. The van der Waals surface area contributed by atoms with E-state index in [4.69, 9.17) is 5.11 Å². The van der Waals surface area contributed by atoms with E-state index in [9.17, 15) is 0 Å². The van der Waals surface area contributed by atoms with E-state index in [1.165, 1.54) is 77.3 Å². The van der Waals surface area contributed by atoms with Gasteiger partial charge in [-0.25, -0.2) is 0 Å². The maximum absolute atomic E-state index is 8.86. The van der Waals surface area contributed by atoms with E-state index < -0.39 is 0 Å². The SMILES string of the molecule is OCCCCCCN(CC1CCCC1)C1C2CCC[C@H]21. The Morgan fingerprint density at radius 3 is 2.20 bits per heavy atom. The summed E-state index contributed by atoms with van der Waals surface area (Å²) in [6.45, 7) is 3.11. The van der Waals surface area contributed by atoms with E-state index in [0.29, 0.717) is 6.61 Å². The minimum absolute atomic E-state index is 0.374. The first kappa shape index (κ1) is 14.8. The van der Waals surface area contributed by atoms with Crippen molar-refractivity contribution in [3.05, 3.63) is 0 Å². The maximum atomic E-state index is 8.86. The second kappa shape index (κ2) is 7.26. The molecule has 0 bridgehead atoms. The molecular formula is C18H33NO. The van der Waals surface area contributed by atoms with Crippen molar-refractivity contribution in [1.82, 2.24) is 4.90 Å². The summed E-state index contributed by atoms with van der Waals surface area (Å²) in [5.41, 5.74) is 0. The van der Waals surface area contributed by atoms with Gasteiger partial charge in [-0.2, -0.15) is 0 Å². The molecule has 0 radical (unpaired) electrons. The van der Waals surface area contributed by atoms with E-state index in [1.54, 1.807) is 0 Å². The van der Waals surface area contributed by atoms with Gasteiger partial charge < -0.3 is 5.11 Å². The molecule has 3 aliphatic rings. The first-order valence-electron chi connectivity index (χ1n) is 9.25. The van der Waals surface area contributed by atoms with Crippen LogP contribution in [0.5, 0.6) is 0 Å². The molecule has 0 heterocycles. The van der Waals surface area contributed by atoms with Crippen molar-refractivity contribution >= 4 is 0 Å². The third-order valence-corrected chi connectivity index (χ3v) is 6.10. The molecule has 3 fully saturated rings. The highest BCUT2D eigenvalue weighted by Gasteiger charge is 2.55. The minimum atomic E-state index is 0.374. The molecule has 0 aliphatic heterocycles. The third kappa shape index (κ3) is 3.57. The lowest BCUT2D eigenvalue weighted by atomic mass is 10.1. The number of hydrogen-bond acceptors (Lipinski definition) is 2. The van der Waals surface area contributed by atoms with Crippen LogP contribution in [-0.4, -0.2) is 35.7 Å². The lowest BCUT2D eigenvalue weighted by Crippen LogP contribution is -2.34. The van der Waals surface area contributed by atoms with Crippen molar-refractivity contribution in [2.75, 3.05) is 19.7 Å². The molecular weight excluding hydrogens is 246 g/mol. The largest absolute Gasteiger partial charge is 0.396 e. The predicted octanol–water partition coefficient (Wildman–Crippen LogP) is 3.83. The Labute approximate surface area is 124 Å². The fraction of sp³-hybridized carbons (Fsp3) is 1.00. The molecule has 2 heteroatoms. The summed E-state index contributed by atoms with van der Waals surface area (Å²) in [5, 5.41) is 8.86. The third-order valence-electron chi connectivity index (χ3n) is 6.10. The van der Waals surface area contributed by atoms with Gasteiger partial charge in [0.2, 0.25) is 0 Å². The Bertz CT molecular complexity index is 277. The number of fused-ring (bicyclic) bond motifs is 1. The van der Waals surface area contributed by atoms with Crippen LogP contribution < -0.4 is 0 Å². The summed E-state index contributed by atoms with van der Waals surface area (Å²) in [5.74, 6) is 3.16. The summed E-state index contributed by atoms with van der Waals surface area (Å²) < 4.78 is 0. The first-order chi connectivity index (χ1) is 9.90. The number of aliphatic hydroxyl groups is 1. The molecule has 3 rings (SSSR count). The second-order valence-electron chi connectivity index (χ2n) is 7.53. The minimum Gasteiger partial charge on any atom is -0.396 e. The van der Waals surface area contributed by atoms with Crippen LogP contribution in [0.25, 0.3) is 0 Å². The average molecular weight is 279 g/mol. The molecule has 0 aromatic carbocycles. The van der Waals surface area contributed by atoms with Crippen LogP contribution in [0.1, 0.15) is 70.6 Å². The molecule has 2 unspecified atom stereocenters. The number of aliphatic hydroxyl groups excluding tert-OH is 1. The van der Waals surface area contributed by atoms with E-state index in [2.05, 4.69) is 4.90 Å². The van der Waals surface area contributed by atoms with Gasteiger partial charge in [0.1, 0.15) is 0 Å². The molecule has 0 saturated heterocycles. The topological polar surface area (TPSA) is 23.5 Å². The summed E-state index contributed by atoms with van der Waals surface area (Å²) in [6, 6.07) is 0.974. The first-order valence-corrected chi connectivity index (χ1v) is 9.25. The van der Waals surface area contributed by atoms with Crippen LogP contribution >= 0.6 is 0 Å². The van der Waals surface area contributed by atoms with Crippen molar-refractivity contribution < 1.29 is 5.11 Å². The monoisotopic (exact) mass is 279 g/mol. The summed E-state index contributed by atoms with van der Waals surface area (Å²) in [4.78, 5) is 2.89. The van der Waals surface area contributed by atoms with E-state index >= 15 is 0 Å². The molecule has 20 heavy (non-hydrogen) atoms. The van der Waals surface area contributed by atoms with Gasteiger partial charge in [-0.05, 0) is 62.8 Å². The van der Waals surface area contributed by atoms with Crippen LogP contribution in [0.15, 0.2) is 0 Å². The average Bonchev–Trinajstić information content (AvgIpc) is 2.90. The highest BCUT2D eigenvalue weighted by Crippen LogP contribution is 2.55. The molecule has 2 nitrogen and oxygen atoms in total. The Hall–Kier alpha value is -0.0800. The molecule has 3 aliphatic carbocycles. The van der Waals surface area contributed by atoms with Gasteiger partial charge in [0.25, 0.3) is 0 Å². The van der Waals surface area contributed by atoms with Gasteiger partial charge in [0, 0.05) is 19.2 Å². The zero-order chi connectivity index (χ0) is 13.8. The zero-order valence-corrected chi connectivity index (χ0v) is 13.1. The smallest absolute Gasteiger partial charge is 0.0431 e. The Morgan fingerprint density at radius 1 is 0.800 bits per heavy atom. The predicted molar refractivity (Wildman–Crippen MR) is 83.7 cm³/mol. The zero-order valence-electron chi connectivity index (χ0n) is 13.1. The van der Waals surface area contributed by atoms with Gasteiger partial charge in [-0.1, -0.05) is 32.1 Å². The molecule has 3 atom stereocenters. The van der Waals surface area contributed by atoms with Gasteiger partial charge in [0.05, 0.1) is 0 Å². The van der Waals surface area contributed by atoms with E-state index in [0.717, 1.165) is 30.2 Å². The quantitative estimate of drug-likeness (QED) is 0.648. The lowest BCUT2D eigenvalue weighted by molar-refractivity contribution is 0.194. The highest BCUT2D eigenvalue weighted by atomic mass is 16.2. The van der Waals surface area contributed by atoms with Gasteiger partial charge >= 0.3 is 0 Å². The van der Waals surface area contributed by atoms with Crippen molar-refractivity contribution in [2.24, 2.45) is 17.8 Å².